The molecule has 0 saturated carbocycles. The lowest BCUT2D eigenvalue weighted by molar-refractivity contribution is 0.0981. The third kappa shape index (κ3) is 4.32. The Bertz CT molecular complexity index is 1100. The van der Waals surface area contributed by atoms with Gasteiger partial charge in [-0.1, -0.05) is 48.5 Å². The molecule has 1 heterocycles. The lowest BCUT2D eigenvalue weighted by atomic mass is 10.2. The maximum Gasteiger partial charge on any atom is 0.268 e. The summed E-state index contributed by atoms with van der Waals surface area (Å²) >= 11 is 0. The molecule has 2 aromatic carbocycles. The molecule has 1 aromatic heterocycles. The summed E-state index contributed by atoms with van der Waals surface area (Å²) in [7, 11) is -3.92. The predicted molar refractivity (Wildman–Crippen MR) is 105 cm³/mol. The Hall–Kier alpha value is -3.19. The fourth-order valence-electron chi connectivity index (χ4n) is 2.63. The lowest BCUT2D eigenvalue weighted by Crippen LogP contribution is -2.29. The second-order valence-corrected chi connectivity index (χ2v) is 7.60. The molecule has 27 heavy (non-hydrogen) atoms. The first-order valence-corrected chi connectivity index (χ1v) is 9.83. The average molecular weight is 381 g/mol. The standard InChI is InChI=1S/C20H19N3O3S/c1-15-8-6-7-11-19(15)23-16(2)18(14-21-23)20(24)22-27(25,26)13-12-17-9-4-3-5-10-17/h3-14H,1-2H3,(H,22,24)/b13-12+. The smallest absolute Gasteiger partial charge is 0.268 e. The Morgan fingerprint density at radius 3 is 2.41 bits per heavy atom. The van der Waals surface area contributed by atoms with Gasteiger partial charge in [0, 0.05) is 0 Å². The van der Waals surface area contributed by atoms with Crippen LogP contribution >= 0.6 is 0 Å². The third-order valence-electron chi connectivity index (χ3n) is 4.07. The summed E-state index contributed by atoms with van der Waals surface area (Å²) in [6.07, 6.45) is 2.80. The van der Waals surface area contributed by atoms with Gasteiger partial charge in [0.05, 0.1) is 28.5 Å². The Morgan fingerprint density at radius 1 is 1.04 bits per heavy atom. The van der Waals surface area contributed by atoms with Crippen LogP contribution in [0.15, 0.2) is 66.2 Å². The maximum absolute atomic E-state index is 12.4. The average Bonchev–Trinajstić information content (AvgIpc) is 3.02. The van der Waals surface area contributed by atoms with Crippen LogP contribution in [0.5, 0.6) is 0 Å². The van der Waals surface area contributed by atoms with Crippen molar-refractivity contribution in [2.24, 2.45) is 0 Å². The van der Waals surface area contributed by atoms with Crippen LogP contribution in [0.1, 0.15) is 27.2 Å². The maximum atomic E-state index is 12.4. The number of aromatic nitrogens is 2. The van der Waals surface area contributed by atoms with E-state index in [9.17, 15) is 13.2 Å². The van der Waals surface area contributed by atoms with Crippen LogP contribution in [-0.2, 0) is 10.0 Å². The Morgan fingerprint density at radius 2 is 1.70 bits per heavy atom. The van der Waals surface area contributed by atoms with Gasteiger partial charge in [0.2, 0.25) is 0 Å². The largest absolute Gasteiger partial charge is 0.268 e. The van der Waals surface area contributed by atoms with Crippen molar-refractivity contribution in [3.63, 3.8) is 0 Å². The van der Waals surface area contributed by atoms with E-state index in [-0.39, 0.29) is 5.56 Å². The van der Waals surface area contributed by atoms with E-state index in [1.807, 2.05) is 37.3 Å². The van der Waals surface area contributed by atoms with Crippen LogP contribution in [0, 0.1) is 13.8 Å². The van der Waals surface area contributed by atoms with Gasteiger partial charge in [0.15, 0.2) is 0 Å². The highest BCUT2D eigenvalue weighted by molar-refractivity contribution is 7.93. The van der Waals surface area contributed by atoms with E-state index >= 15 is 0 Å². The van der Waals surface area contributed by atoms with Gasteiger partial charge in [-0.25, -0.2) is 17.8 Å². The minimum absolute atomic E-state index is 0.204. The molecule has 0 aliphatic heterocycles. The van der Waals surface area contributed by atoms with Crippen LogP contribution in [0.2, 0.25) is 0 Å². The molecule has 138 valence electrons. The monoisotopic (exact) mass is 381 g/mol. The number of sulfonamides is 1. The Kier molecular flexibility index (Phi) is 5.23. The first-order valence-electron chi connectivity index (χ1n) is 8.28. The van der Waals surface area contributed by atoms with Gasteiger partial charge in [-0.3, -0.25) is 4.79 Å². The van der Waals surface area contributed by atoms with Crippen LogP contribution in [0.4, 0.5) is 0 Å². The first kappa shape index (κ1) is 18.6. The van der Waals surface area contributed by atoms with Crippen molar-refractivity contribution in [2.45, 2.75) is 13.8 Å². The van der Waals surface area contributed by atoms with E-state index in [4.69, 9.17) is 0 Å². The van der Waals surface area contributed by atoms with Crippen LogP contribution in [0.25, 0.3) is 11.8 Å². The zero-order chi connectivity index (χ0) is 19.4. The number of amides is 1. The second kappa shape index (κ2) is 7.59. The molecule has 7 heteroatoms. The lowest BCUT2D eigenvalue weighted by Gasteiger charge is -2.08. The van der Waals surface area contributed by atoms with E-state index in [0.29, 0.717) is 5.69 Å². The number of para-hydroxylation sites is 1. The molecule has 0 fully saturated rings. The molecule has 3 aromatic rings. The molecule has 1 amide bonds. The molecule has 0 unspecified atom stereocenters. The van der Waals surface area contributed by atoms with Crippen molar-refractivity contribution in [2.75, 3.05) is 0 Å². The number of carbonyl (C=O) groups excluding carboxylic acids is 1. The molecule has 0 bridgehead atoms. The quantitative estimate of drug-likeness (QED) is 0.736. The fourth-order valence-corrected chi connectivity index (χ4v) is 3.40. The molecule has 0 aliphatic carbocycles. The van der Waals surface area contributed by atoms with E-state index < -0.39 is 15.9 Å². The van der Waals surface area contributed by atoms with Crippen molar-refractivity contribution in [3.8, 4) is 5.69 Å². The summed E-state index contributed by atoms with van der Waals surface area (Å²) in [5.74, 6) is -0.718. The molecular weight excluding hydrogens is 362 g/mol. The number of nitrogens with one attached hydrogen (secondary N) is 1. The van der Waals surface area contributed by atoms with E-state index in [0.717, 1.165) is 22.2 Å². The first-order chi connectivity index (χ1) is 12.9. The molecular formula is C20H19N3O3S. The summed E-state index contributed by atoms with van der Waals surface area (Å²) < 4.78 is 28.0. The molecule has 0 aliphatic rings. The van der Waals surface area contributed by atoms with E-state index in [1.165, 1.54) is 12.3 Å². The summed E-state index contributed by atoms with van der Waals surface area (Å²) in [6.45, 7) is 3.66. The second-order valence-electron chi connectivity index (χ2n) is 6.03. The molecule has 3 rings (SSSR count). The zero-order valence-electron chi connectivity index (χ0n) is 15.0. The molecule has 1 N–H and O–H groups in total. The zero-order valence-corrected chi connectivity index (χ0v) is 15.8. The number of nitrogens with zero attached hydrogens (tertiary/aromatic N) is 2. The van der Waals surface area contributed by atoms with Gasteiger partial charge in [-0.2, -0.15) is 5.10 Å². The van der Waals surface area contributed by atoms with E-state index in [2.05, 4.69) is 9.82 Å². The van der Waals surface area contributed by atoms with Crippen LogP contribution in [0.3, 0.4) is 0 Å². The van der Waals surface area contributed by atoms with Crippen molar-refractivity contribution in [1.29, 1.82) is 0 Å². The summed E-state index contributed by atoms with van der Waals surface area (Å²) in [5.41, 5.74) is 3.31. The molecule has 0 radical (unpaired) electrons. The number of benzene rings is 2. The van der Waals surface area contributed by atoms with Gasteiger partial charge in [0.1, 0.15) is 0 Å². The third-order valence-corrected chi connectivity index (χ3v) is 5.04. The molecule has 0 saturated heterocycles. The van der Waals surface area contributed by atoms with Crippen molar-refractivity contribution in [1.82, 2.24) is 14.5 Å². The normalized spacial score (nSPS) is 11.6. The van der Waals surface area contributed by atoms with Gasteiger partial charge >= 0.3 is 0 Å². The fraction of sp³-hybridized carbons (Fsp3) is 0.100. The Balaban J connectivity index is 1.81. The number of hydrogen-bond donors (Lipinski definition) is 1. The highest BCUT2D eigenvalue weighted by atomic mass is 32.2. The summed E-state index contributed by atoms with van der Waals surface area (Å²) in [4.78, 5) is 12.4. The molecule has 6 nitrogen and oxygen atoms in total. The van der Waals surface area contributed by atoms with Gasteiger partial charge in [-0.15, -0.1) is 0 Å². The Labute approximate surface area is 158 Å². The minimum atomic E-state index is -3.92. The van der Waals surface area contributed by atoms with Gasteiger partial charge in [-0.05, 0) is 37.1 Å². The minimum Gasteiger partial charge on any atom is -0.268 e. The van der Waals surface area contributed by atoms with Crippen molar-refractivity contribution >= 4 is 22.0 Å². The van der Waals surface area contributed by atoms with Crippen LogP contribution in [-0.4, -0.2) is 24.1 Å². The van der Waals surface area contributed by atoms with Crippen LogP contribution < -0.4 is 4.72 Å². The predicted octanol–water partition coefficient (Wildman–Crippen LogP) is 3.22. The van der Waals surface area contributed by atoms with E-state index in [1.54, 1.807) is 35.9 Å². The molecule has 0 atom stereocenters. The number of aryl methyl sites for hydroxylation is 1. The van der Waals surface area contributed by atoms with Crippen molar-refractivity contribution in [3.05, 3.63) is 88.6 Å². The highest BCUT2D eigenvalue weighted by Crippen LogP contribution is 2.17. The molecule has 0 spiro atoms. The number of carbonyl (C=O) groups is 1. The topological polar surface area (TPSA) is 81.1 Å². The summed E-state index contributed by atoms with van der Waals surface area (Å²) in [5, 5.41) is 5.21. The van der Waals surface area contributed by atoms with Crippen molar-refractivity contribution < 1.29 is 13.2 Å². The van der Waals surface area contributed by atoms with Gasteiger partial charge in [0.25, 0.3) is 15.9 Å². The number of hydrogen-bond acceptors (Lipinski definition) is 4. The SMILES string of the molecule is Cc1ccccc1-n1ncc(C(=O)NS(=O)(=O)/C=C/c2ccccc2)c1C. The highest BCUT2D eigenvalue weighted by Gasteiger charge is 2.19. The number of rotatable bonds is 5. The van der Waals surface area contributed by atoms with Gasteiger partial charge < -0.3 is 0 Å². The summed E-state index contributed by atoms with van der Waals surface area (Å²) in [6, 6.07) is 16.6.